The van der Waals surface area contributed by atoms with Crippen LogP contribution in [0.1, 0.15) is 48.9 Å². The van der Waals surface area contributed by atoms with Gasteiger partial charge in [0.2, 0.25) is 0 Å². The van der Waals surface area contributed by atoms with E-state index < -0.39 is 5.97 Å². The average molecular weight is 408 g/mol. The Kier molecular flexibility index (Phi) is 8.62. The van der Waals surface area contributed by atoms with Crippen LogP contribution in [-0.4, -0.2) is 23.5 Å². The molecule has 0 fully saturated rings. The van der Waals surface area contributed by atoms with Gasteiger partial charge in [0.25, 0.3) is 5.91 Å². The van der Waals surface area contributed by atoms with Gasteiger partial charge in [-0.15, -0.1) is 0 Å². The summed E-state index contributed by atoms with van der Waals surface area (Å²) in [7, 11) is 0. The normalized spacial score (nSPS) is 10.6. The number of aliphatic carboxylic acids is 1. The van der Waals surface area contributed by atoms with Gasteiger partial charge in [-0.25, -0.2) is 0 Å². The van der Waals surface area contributed by atoms with E-state index in [2.05, 4.69) is 0 Å². The fraction of sp³-hybridized carbons (Fsp3) is 0.333. The molecule has 0 heterocycles. The Morgan fingerprint density at radius 2 is 1.59 bits per heavy atom. The van der Waals surface area contributed by atoms with Crippen LogP contribution in [0.5, 0.6) is 0 Å². The molecule has 4 nitrogen and oxygen atoms in total. The summed E-state index contributed by atoms with van der Waals surface area (Å²) < 4.78 is 0. The van der Waals surface area contributed by atoms with E-state index in [0.29, 0.717) is 28.6 Å². The number of carboxylic acid groups (broad SMARTS) is 1. The number of halogens is 2. The molecule has 1 amide bonds. The van der Waals surface area contributed by atoms with Crippen LogP contribution in [0.4, 0.5) is 5.69 Å². The smallest absolute Gasteiger partial charge is 0.303 e. The van der Waals surface area contributed by atoms with E-state index in [9.17, 15) is 9.59 Å². The van der Waals surface area contributed by atoms with E-state index in [1.807, 2.05) is 12.1 Å². The number of benzene rings is 2. The lowest BCUT2D eigenvalue weighted by atomic mass is 10.1. The summed E-state index contributed by atoms with van der Waals surface area (Å²) in [5.74, 6) is -0.916. The topological polar surface area (TPSA) is 57.6 Å². The minimum atomic E-state index is -0.757. The monoisotopic (exact) mass is 407 g/mol. The lowest BCUT2D eigenvalue weighted by Crippen LogP contribution is -2.32. The van der Waals surface area contributed by atoms with Crippen LogP contribution < -0.4 is 4.90 Å². The van der Waals surface area contributed by atoms with E-state index in [1.54, 1.807) is 41.3 Å². The Hall–Kier alpha value is -2.04. The third-order valence-electron chi connectivity index (χ3n) is 4.24. The highest BCUT2D eigenvalue weighted by Crippen LogP contribution is 2.25. The van der Waals surface area contributed by atoms with Gasteiger partial charge in [0.1, 0.15) is 0 Å². The molecule has 0 aromatic heterocycles. The van der Waals surface area contributed by atoms with Crippen molar-refractivity contribution in [3.8, 4) is 0 Å². The highest BCUT2D eigenvalue weighted by Gasteiger charge is 2.19. The van der Waals surface area contributed by atoms with Crippen LogP contribution in [0, 0.1) is 0 Å². The number of carbonyl (C=O) groups excluding carboxylic acids is 1. The van der Waals surface area contributed by atoms with Crippen molar-refractivity contribution < 1.29 is 14.7 Å². The molecule has 0 aliphatic heterocycles. The van der Waals surface area contributed by atoms with Crippen molar-refractivity contribution in [3.05, 3.63) is 64.1 Å². The van der Waals surface area contributed by atoms with E-state index in [1.165, 1.54) is 0 Å². The van der Waals surface area contributed by atoms with Crippen molar-refractivity contribution in [2.24, 2.45) is 0 Å². The number of carboxylic acids is 1. The number of hydrogen-bond donors (Lipinski definition) is 1. The Bertz CT molecular complexity index is 780. The van der Waals surface area contributed by atoms with Crippen molar-refractivity contribution in [2.75, 3.05) is 11.4 Å². The van der Waals surface area contributed by atoms with E-state index in [0.717, 1.165) is 31.4 Å². The van der Waals surface area contributed by atoms with Gasteiger partial charge in [-0.1, -0.05) is 60.7 Å². The predicted molar refractivity (Wildman–Crippen MR) is 110 cm³/mol. The zero-order valence-corrected chi connectivity index (χ0v) is 16.5. The number of hydrogen-bond acceptors (Lipinski definition) is 2. The van der Waals surface area contributed by atoms with Crippen molar-refractivity contribution in [1.29, 1.82) is 0 Å². The van der Waals surface area contributed by atoms with Crippen LogP contribution in [-0.2, 0) is 4.79 Å². The molecule has 2 rings (SSSR count). The Balaban J connectivity index is 2.02. The van der Waals surface area contributed by atoms with Crippen LogP contribution >= 0.6 is 23.2 Å². The lowest BCUT2D eigenvalue weighted by molar-refractivity contribution is -0.137. The largest absolute Gasteiger partial charge is 0.481 e. The van der Waals surface area contributed by atoms with Gasteiger partial charge in [-0.3, -0.25) is 9.59 Å². The SMILES string of the molecule is O=C(O)CCCCCCCN(C(=O)c1ccccc1Cl)c1cccc(Cl)c1. The van der Waals surface area contributed by atoms with Gasteiger partial charge in [0, 0.05) is 23.7 Å². The second kappa shape index (κ2) is 11.0. The maximum Gasteiger partial charge on any atom is 0.303 e. The molecule has 27 heavy (non-hydrogen) atoms. The molecule has 1 N–H and O–H groups in total. The predicted octanol–water partition coefficient (Wildman–Crippen LogP) is 6.07. The summed E-state index contributed by atoms with van der Waals surface area (Å²) in [5, 5.41) is 9.65. The number of amides is 1. The number of nitrogens with zero attached hydrogens (tertiary/aromatic N) is 1. The number of unbranched alkanes of at least 4 members (excludes halogenated alkanes) is 4. The molecule has 6 heteroatoms. The second-order valence-corrected chi connectivity index (χ2v) is 7.17. The van der Waals surface area contributed by atoms with Gasteiger partial charge in [0.15, 0.2) is 0 Å². The Labute approximate surface area is 169 Å². The number of anilines is 1. The molecule has 2 aromatic rings. The molecule has 2 aromatic carbocycles. The molecule has 0 atom stereocenters. The van der Waals surface area contributed by atoms with E-state index in [4.69, 9.17) is 28.3 Å². The van der Waals surface area contributed by atoms with Crippen LogP contribution in [0.15, 0.2) is 48.5 Å². The molecular formula is C21H23Cl2NO3. The van der Waals surface area contributed by atoms with Crippen molar-refractivity contribution in [3.63, 3.8) is 0 Å². The summed E-state index contributed by atoms with van der Waals surface area (Å²) >= 11 is 12.3. The minimum absolute atomic E-state index is 0.159. The summed E-state index contributed by atoms with van der Waals surface area (Å²) in [6, 6.07) is 14.2. The number of carbonyl (C=O) groups is 2. The molecule has 0 radical (unpaired) electrons. The van der Waals surface area contributed by atoms with E-state index >= 15 is 0 Å². The standard InChI is InChI=1S/C21H23Cl2NO3/c22-16-9-8-10-17(15-16)24(14-7-3-1-2-4-13-20(25)26)21(27)18-11-5-6-12-19(18)23/h5-6,8-12,15H,1-4,7,13-14H2,(H,25,26). The maximum absolute atomic E-state index is 13.1. The zero-order valence-electron chi connectivity index (χ0n) is 15.0. The van der Waals surface area contributed by atoms with Crippen LogP contribution in [0.25, 0.3) is 0 Å². The zero-order chi connectivity index (χ0) is 19.6. The Morgan fingerprint density at radius 1 is 0.889 bits per heavy atom. The molecule has 0 spiro atoms. The fourth-order valence-electron chi connectivity index (χ4n) is 2.85. The highest BCUT2D eigenvalue weighted by molar-refractivity contribution is 6.34. The molecule has 0 saturated heterocycles. The molecular weight excluding hydrogens is 385 g/mol. The second-order valence-electron chi connectivity index (χ2n) is 6.33. The van der Waals surface area contributed by atoms with Crippen LogP contribution in [0.3, 0.4) is 0 Å². The van der Waals surface area contributed by atoms with Crippen molar-refractivity contribution in [1.82, 2.24) is 0 Å². The Morgan fingerprint density at radius 3 is 2.30 bits per heavy atom. The summed E-state index contributed by atoms with van der Waals surface area (Å²) in [4.78, 5) is 25.3. The van der Waals surface area contributed by atoms with Gasteiger partial charge in [0.05, 0.1) is 10.6 Å². The quantitative estimate of drug-likeness (QED) is 0.486. The first kappa shape index (κ1) is 21.3. The van der Waals surface area contributed by atoms with Crippen molar-refractivity contribution >= 4 is 40.8 Å². The highest BCUT2D eigenvalue weighted by atomic mass is 35.5. The molecule has 0 bridgehead atoms. The maximum atomic E-state index is 13.1. The first-order valence-corrected chi connectivity index (χ1v) is 9.78. The number of rotatable bonds is 10. The first-order chi connectivity index (χ1) is 13.0. The summed E-state index contributed by atoms with van der Waals surface area (Å²) in [5.41, 5.74) is 1.19. The van der Waals surface area contributed by atoms with Gasteiger partial charge < -0.3 is 10.0 Å². The van der Waals surface area contributed by atoms with Crippen LogP contribution in [0.2, 0.25) is 10.0 Å². The molecule has 0 aliphatic carbocycles. The first-order valence-electron chi connectivity index (χ1n) is 9.03. The van der Waals surface area contributed by atoms with Crippen molar-refractivity contribution in [2.45, 2.75) is 38.5 Å². The minimum Gasteiger partial charge on any atom is -0.481 e. The van der Waals surface area contributed by atoms with Gasteiger partial charge >= 0.3 is 5.97 Å². The average Bonchev–Trinajstić information content (AvgIpc) is 2.63. The third kappa shape index (κ3) is 6.89. The van der Waals surface area contributed by atoms with E-state index in [-0.39, 0.29) is 12.3 Å². The van der Waals surface area contributed by atoms with Gasteiger partial charge in [-0.05, 0) is 43.2 Å². The molecule has 144 valence electrons. The molecule has 0 saturated carbocycles. The van der Waals surface area contributed by atoms with Gasteiger partial charge in [-0.2, -0.15) is 0 Å². The summed E-state index contributed by atoms with van der Waals surface area (Å²) in [6.45, 7) is 0.545. The molecule has 0 aliphatic rings. The summed E-state index contributed by atoms with van der Waals surface area (Å²) in [6.07, 6.45) is 4.45. The fourth-order valence-corrected chi connectivity index (χ4v) is 3.25. The third-order valence-corrected chi connectivity index (χ3v) is 4.81. The lowest BCUT2D eigenvalue weighted by Gasteiger charge is -2.23. The molecule has 0 unspecified atom stereocenters.